The van der Waals surface area contributed by atoms with Crippen molar-refractivity contribution in [3.8, 4) is 0 Å². The van der Waals surface area contributed by atoms with Crippen molar-refractivity contribution in [3.63, 3.8) is 0 Å². The van der Waals surface area contributed by atoms with Crippen LogP contribution in [0.1, 0.15) is 16.9 Å². The first kappa shape index (κ1) is 16.2. The monoisotopic (exact) mass is 331 g/mol. The molecule has 3 rings (SSSR count). The number of ether oxygens (including phenoxy) is 2. The van der Waals surface area contributed by atoms with E-state index in [2.05, 4.69) is 5.32 Å². The SMILES string of the molecule is O=C(Cc1cccs1)N[C@@H]1CCOC[C@H]1OCc1ccccc1. The third-order valence-corrected chi connectivity index (χ3v) is 4.75. The quantitative estimate of drug-likeness (QED) is 0.885. The first-order valence-corrected chi connectivity index (χ1v) is 8.74. The van der Waals surface area contributed by atoms with Crippen LogP contribution in [-0.2, 0) is 27.3 Å². The fourth-order valence-corrected chi connectivity index (χ4v) is 3.35. The zero-order valence-corrected chi connectivity index (χ0v) is 13.8. The highest BCUT2D eigenvalue weighted by atomic mass is 32.1. The first-order chi connectivity index (χ1) is 11.3. The molecule has 1 saturated heterocycles. The van der Waals surface area contributed by atoms with Gasteiger partial charge in [0.1, 0.15) is 6.10 Å². The number of hydrogen-bond acceptors (Lipinski definition) is 4. The van der Waals surface area contributed by atoms with Gasteiger partial charge in [0, 0.05) is 11.5 Å². The zero-order chi connectivity index (χ0) is 15.9. The Morgan fingerprint density at radius 2 is 2.13 bits per heavy atom. The highest BCUT2D eigenvalue weighted by Gasteiger charge is 2.28. The molecule has 2 aromatic rings. The van der Waals surface area contributed by atoms with Crippen molar-refractivity contribution in [2.24, 2.45) is 0 Å². The van der Waals surface area contributed by atoms with Gasteiger partial charge in [-0.15, -0.1) is 11.3 Å². The zero-order valence-electron chi connectivity index (χ0n) is 12.9. The maximum absolute atomic E-state index is 12.2. The predicted octanol–water partition coefficient (Wildman–Crippen LogP) is 2.78. The second-order valence-corrected chi connectivity index (χ2v) is 6.66. The van der Waals surface area contributed by atoms with E-state index >= 15 is 0 Å². The van der Waals surface area contributed by atoms with Crippen molar-refractivity contribution in [1.82, 2.24) is 5.32 Å². The van der Waals surface area contributed by atoms with Crippen LogP contribution in [0.5, 0.6) is 0 Å². The van der Waals surface area contributed by atoms with E-state index in [9.17, 15) is 4.79 Å². The molecule has 5 heteroatoms. The van der Waals surface area contributed by atoms with Gasteiger partial charge in [-0.1, -0.05) is 36.4 Å². The molecular weight excluding hydrogens is 310 g/mol. The van der Waals surface area contributed by atoms with Crippen molar-refractivity contribution in [2.75, 3.05) is 13.2 Å². The molecule has 0 saturated carbocycles. The summed E-state index contributed by atoms with van der Waals surface area (Å²) in [4.78, 5) is 13.3. The van der Waals surface area contributed by atoms with Crippen LogP contribution in [0.25, 0.3) is 0 Å². The van der Waals surface area contributed by atoms with E-state index in [4.69, 9.17) is 9.47 Å². The third kappa shape index (κ3) is 4.89. The smallest absolute Gasteiger partial charge is 0.225 e. The molecule has 0 spiro atoms. The Labute approximate surface area is 140 Å². The molecule has 4 nitrogen and oxygen atoms in total. The Morgan fingerprint density at radius 1 is 1.26 bits per heavy atom. The van der Waals surface area contributed by atoms with Crippen molar-refractivity contribution < 1.29 is 14.3 Å². The van der Waals surface area contributed by atoms with Gasteiger partial charge in [-0.25, -0.2) is 0 Å². The lowest BCUT2D eigenvalue weighted by atomic mass is 10.1. The summed E-state index contributed by atoms with van der Waals surface area (Å²) in [6, 6.07) is 14.0. The van der Waals surface area contributed by atoms with E-state index in [1.54, 1.807) is 11.3 Å². The standard InChI is InChI=1S/C18H21NO3S/c20-18(11-15-7-4-10-23-15)19-16-8-9-21-13-17(16)22-12-14-5-2-1-3-6-14/h1-7,10,16-17H,8-9,11-13H2,(H,19,20)/t16-,17-/m1/s1. The molecule has 122 valence electrons. The second-order valence-electron chi connectivity index (χ2n) is 5.63. The molecular formula is C18H21NO3S. The minimum absolute atomic E-state index is 0.0138. The van der Waals surface area contributed by atoms with Gasteiger partial charge in [-0.05, 0) is 23.4 Å². The lowest BCUT2D eigenvalue weighted by Gasteiger charge is -2.32. The van der Waals surface area contributed by atoms with E-state index in [0.29, 0.717) is 26.2 Å². The van der Waals surface area contributed by atoms with Crippen LogP contribution in [0.4, 0.5) is 0 Å². The van der Waals surface area contributed by atoms with Crippen LogP contribution in [-0.4, -0.2) is 31.3 Å². The summed E-state index contributed by atoms with van der Waals surface area (Å²) in [5.74, 6) is 0.0488. The molecule has 1 amide bonds. The molecule has 1 aliphatic heterocycles. The van der Waals surface area contributed by atoms with Crippen LogP contribution in [0.2, 0.25) is 0 Å². The summed E-state index contributed by atoms with van der Waals surface area (Å²) in [5, 5.41) is 5.10. The largest absolute Gasteiger partial charge is 0.379 e. The first-order valence-electron chi connectivity index (χ1n) is 7.86. The maximum Gasteiger partial charge on any atom is 0.225 e. The normalized spacial score (nSPS) is 21.0. The van der Waals surface area contributed by atoms with Crippen LogP contribution >= 0.6 is 11.3 Å². The molecule has 1 N–H and O–H groups in total. The topological polar surface area (TPSA) is 47.6 Å². The Balaban J connectivity index is 1.52. The molecule has 23 heavy (non-hydrogen) atoms. The lowest BCUT2D eigenvalue weighted by Crippen LogP contribution is -2.50. The number of nitrogens with one attached hydrogen (secondary N) is 1. The van der Waals surface area contributed by atoms with E-state index in [1.807, 2.05) is 47.8 Å². The fraction of sp³-hybridized carbons (Fsp3) is 0.389. The highest BCUT2D eigenvalue weighted by Crippen LogP contribution is 2.15. The van der Waals surface area contributed by atoms with Crippen LogP contribution in [0.15, 0.2) is 47.8 Å². The Morgan fingerprint density at radius 3 is 2.91 bits per heavy atom. The summed E-state index contributed by atoms with van der Waals surface area (Å²) in [6.45, 7) is 1.72. The molecule has 0 unspecified atom stereocenters. The maximum atomic E-state index is 12.2. The van der Waals surface area contributed by atoms with Crippen molar-refractivity contribution in [1.29, 1.82) is 0 Å². The van der Waals surface area contributed by atoms with Crippen molar-refractivity contribution in [2.45, 2.75) is 31.6 Å². The average Bonchev–Trinajstić information content (AvgIpc) is 3.08. The molecule has 0 bridgehead atoms. The summed E-state index contributed by atoms with van der Waals surface area (Å²) in [5.41, 5.74) is 1.13. The van der Waals surface area contributed by atoms with E-state index in [-0.39, 0.29) is 18.1 Å². The number of rotatable bonds is 6. The Hall–Kier alpha value is -1.69. The summed E-state index contributed by atoms with van der Waals surface area (Å²) < 4.78 is 11.5. The minimum Gasteiger partial charge on any atom is -0.379 e. The molecule has 1 aromatic carbocycles. The van der Waals surface area contributed by atoms with Gasteiger partial charge in [0.25, 0.3) is 0 Å². The fourth-order valence-electron chi connectivity index (χ4n) is 2.65. The number of carbonyl (C=O) groups is 1. The second kappa shape index (κ2) is 8.24. The Bertz CT molecular complexity index is 600. The minimum atomic E-state index is -0.101. The van der Waals surface area contributed by atoms with Gasteiger partial charge >= 0.3 is 0 Å². The van der Waals surface area contributed by atoms with Gasteiger partial charge in [-0.3, -0.25) is 4.79 Å². The summed E-state index contributed by atoms with van der Waals surface area (Å²) >= 11 is 1.60. The number of carbonyl (C=O) groups excluding carboxylic acids is 1. The van der Waals surface area contributed by atoms with Crippen LogP contribution in [0, 0.1) is 0 Å². The van der Waals surface area contributed by atoms with Crippen LogP contribution < -0.4 is 5.32 Å². The number of benzene rings is 1. The molecule has 2 heterocycles. The number of hydrogen-bond donors (Lipinski definition) is 1. The Kier molecular flexibility index (Phi) is 5.80. The average molecular weight is 331 g/mol. The van der Waals surface area contributed by atoms with Gasteiger partial charge in [0.2, 0.25) is 5.91 Å². The van der Waals surface area contributed by atoms with E-state index in [1.165, 1.54) is 0 Å². The van der Waals surface area contributed by atoms with E-state index < -0.39 is 0 Å². The van der Waals surface area contributed by atoms with Gasteiger partial charge in [-0.2, -0.15) is 0 Å². The lowest BCUT2D eigenvalue weighted by molar-refractivity contribution is -0.126. The van der Waals surface area contributed by atoms with Gasteiger partial charge in [0.15, 0.2) is 0 Å². The third-order valence-electron chi connectivity index (χ3n) is 3.87. The molecule has 0 radical (unpaired) electrons. The van der Waals surface area contributed by atoms with Crippen molar-refractivity contribution >= 4 is 17.2 Å². The van der Waals surface area contributed by atoms with Crippen LogP contribution in [0.3, 0.4) is 0 Å². The molecule has 1 aliphatic rings. The highest BCUT2D eigenvalue weighted by molar-refractivity contribution is 7.10. The molecule has 1 aromatic heterocycles. The number of thiophene rings is 1. The van der Waals surface area contributed by atoms with Crippen molar-refractivity contribution in [3.05, 3.63) is 58.3 Å². The van der Waals surface area contributed by atoms with Gasteiger partial charge in [0.05, 0.1) is 25.7 Å². The van der Waals surface area contributed by atoms with E-state index in [0.717, 1.165) is 16.9 Å². The summed E-state index contributed by atoms with van der Waals surface area (Å²) in [7, 11) is 0. The predicted molar refractivity (Wildman–Crippen MR) is 90.4 cm³/mol. The molecule has 0 aliphatic carbocycles. The number of amides is 1. The van der Waals surface area contributed by atoms with Gasteiger partial charge < -0.3 is 14.8 Å². The molecule has 2 atom stereocenters. The summed E-state index contributed by atoms with van der Waals surface area (Å²) in [6.07, 6.45) is 1.12. The molecule has 1 fully saturated rings.